The smallest absolute Gasteiger partial charge is 0.132 e. The number of imidazole rings is 1. The van der Waals surface area contributed by atoms with Crippen LogP contribution in [0.5, 0.6) is 0 Å². The van der Waals surface area contributed by atoms with Crippen LogP contribution < -0.4 is 5.73 Å². The Morgan fingerprint density at radius 2 is 2.28 bits per heavy atom. The average Bonchev–Trinajstić information content (AvgIpc) is 3.17. The van der Waals surface area contributed by atoms with Gasteiger partial charge in [0.2, 0.25) is 0 Å². The van der Waals surface area contributed by atoms with Gasteiger partial charge >= 0.3 is 0 Å². The molecule has 1 aromatic heterocycles. The summed E-state index contributed by atoms with van der Waals surface area (Å²) < 4.78 is 1.79. The van der Waals surface area contributed by atoms with E-state index in [4.69, 9.17) is 12.2 Å². The van der Waals surface area contributed by atoms with E-state index in [-0.39, 0.29) is 0 Å². The van der Waals surface area contributed by atoms with Gasteiger partial charge in [-0.05, 0) is 30.4 Å². The molecule has 2 N–H and O–H groups in total. The predicted molar refractivity (Wildman–Crippen MR) is 72.9 cm³/mol. The lowest BCUT2D eigenvalue weighted by molar-refractivity contribution is 0.852. The summed E-state index contributed by atoms with van der Waals surface area (Å²) >= 11 is 0. The fraction of sp³-hybridized carbons (Fsp3) is 0.267. The molecular weight excluding hydrogens is 222 g/mol. The fourth-order valence-electron chi connectivity index (χ4n) is 2.20. The Balaban J connectivity index is 1.99. The van der Waals surface area contributed by atoms with Crippen molar-refractivity contribution in [2.24, 2.45) is 0 Å². The SMILES string of the molecule is C#CCn1cnc(-c2cccc(C3CC3)c2)c1N. The lowest BCUT2D eigenvalue weighted by Crippen LogP contribution is -2.00. The summed E-state index contributed by atoms with van der Waals surface area (Å²) in [6.07, 6.45) is 9.59. The van der Waals surface area contributed by atoms with E-state index in [1.54, 1.807) is 10.9 Å². The van der Waals surface area contributed by atoms with Crippen LogP contribution in [0.2, 0.25) is 0 Å². The summed E-state index contributed by atoms with van der Waals surface area (Å²) in [6.45, 7) is 0.459. The quantitative estimate of drug-likeness (QED) is 0.834. The number of rotatable bonds is 3. The van der Waals surface area contributed by atoms with Crippen molar-refractivity contribution in [3.63, 3.8) is 0 Å². The molecule has 0 bridgehead atoms. The van der Waals surface area contributed by atoms with E-state index in [1.807, 2.05) is 6.07 Å². The number of nitrogens with zero attached hydrogens (tertiary/aromatic N) is 2. The molecule has 1 aliphatic carbocycles. The van der Waals surface area contributed by atoms with Crippen LogP contribution in [-0.4, -0.2) is 9.55 Å². The van der Waals surface area contributed by atoms with Gasteiger partial charge in [0, 0.05) is 5.56 Å². The van der Waals surface area contributed by atoms with Crippen LogP contribution in [0.25, 0.3) is 11.3 Å². The van der Waals surface area contributed by atoms with Gasteiger partial charge in [-0.2, -0.15) is 0 Å². The molecule has 0 aliphatic heterocycles. The molecule has 0 saturated heterocycles. The molecule has 3 heteroatoms. The third kappa shape index (κ3) is 1.86. The Labute approximate surface area is 107 Å². The predicted octanol–water partition coefficient (Wildman–Crippen LogP) is 2.64. The molecule has 1 saturated carbocycles. The second-order valence-electron chi connectivity index (χ2n) is 4.71. The summed E-state index contributed by atoms with van der Waals surface area (Å²) in [4.78, 5) is 4.37. The molecule has 3 nitrogen and oxygen atoms in total. The number of hydrogen-bond donors (Lipinski definition) is 1. The van der Waals surface area contributed by atoms with E-state index in [2.05, 4.69) is 29.1 Å². The molecule has 1 aliphatic rings. The van der Waals surface area contributed by atoms with Gasteiger partial charge in [0.15, 0.2) is 0 Å². The van der Waals surface area contributed by atoms with Crippen molar-refractivity contribution in [2.45, 2.75) is 25.3 Å². The minimum absolute atomic E-state index is 0.459. The molecule has 0 unspecified atom stereocenters. The third-order valence-electron chi connectivity index (χ3n) is 3.35. The number of aromatic nitrogens is 2. The topological polar surface area (TPSA) is 43.8 Å². The van der Waals surface area contributed by atoms with Gasteiger partial charge in [-0.3, -0.25) is 0 Å². The Hall–Kier alpha value is -2.21. The largest absolute Gasteiger partial charge is 0.383 e. The first-order chi connectivity index (χ1) is 8.79. The van der Waals surface area contributed by atoms with Crippen LogP contribution in [0.1, 0.15) is 24.3 Å². The molecule has 90 valence electrons. The highest BCUT2D eigenvalue weighted by Gasteiger charge is 2.23. The van der Waals surface area contributed by atoms with E-state index in [1.165, 1.54) is 18.4 Å². The minimum atomic E-state index is 0.459. The van der Waals surface area contributed by atoms with Crippen molar-refractivity contribution in [1.29, 1.82) is 0 Å². The highest BCUT2D eigenvalue weighted by Crippen LogP contribution is 2.41. The van der Waals surface area contributed by atoms with Gasteiger partial charge < -0.3 is 10.3 Å². The Bertz CT molecular complexity index is 615. The first kappa shape index (κ1) is 10.9. The van der Waals surface area contributed by atoms with E-state index in [9.17, 15) is 0 Å². The maximum Gasteiger partial charge on any atom is 0.132 e. The monoisotopic (exact) mass is 237 g/mol. The molecule has 2 aromatic rings. The van der Waals surface area contributed by atoms with E-state index >= 15 is 0 Å². The Kier molecular flexibility index (Phi) is 2.56. The normalized spacial score (nSPS) is 14.4. The van der Waals surface area contributed by atoms with Crippen molar-refractivity contribution in [3.8, 4) is 23.6 Å². The molecule has 1 heterocycles. The number of terminal acetylenes is 1. The summed E-state index contributed by atoms with van der Waals surface area (Å²) in [6, 6.07) is 8.49. The van der Waals surface area contributed by atoms with Crippen LogP contribution in [0.3, 0.4) is 0 Å². The molecule has 18 heavy (non-hydrogen) atoms. The van der Waals surface area contributed by atoms with Crippen molar-refractivity contribution < 1.29 is 0 Å². The van der Waals surface area contributed by atoms with Gasteiger partial charge in [0.1, 0.15) is 11.5 Å². The molecule has 0 atom stereocenters. The second-order valence-corrected chi connectivity index (χ2v) is 4.71. The van der Waals surface area contributed by atoms with Crippen molar-refractivity contribution >= 4 is 5.82 Å². The zero-order valence-electron chi connectivity index (χ0n) is 10.1. The molecule has 0 radical (unpaired) electrons. The van der Waals surface area contributed by atoms with Crippen LogP contribution in [-0.2, 0) is 6.54 Å². The van der Waals surface area contributed by atoms with E-state index in [0.717, 1.165) is 17.2 Å². The van der Waals surface area contributed by atoms with E-state index < -0.39 is 0 Å². The van der Waals surface area contributed by atoms with Crippen molar-refractivity contribution in [2.75, 3.05) is 5.73 Å². The Morgan fingerprint density at radius 1 is 1.44 bits per heavy atom. The summed E-state index contributed by atoms with van der Waals surface area (Å²) in [5.74, 6) is 3.95. The van der Waals surface area contributed by atoms with Gasteiger partial charge in [-0.1, -0.05) is 24.1 Å². The first-order valence-electron chi connectivity index (χ1n) is 6.14. The standard InChI is InChI=1S/C15H15N3/c1-2-8-18-10-17-14(15(18)16)13-5-3-4-12(9-13)11-6-7-11/h1,3-5,9-11H,6-8,16H2. The lowest BCUT2D eigenvalue weighted by Gasteiger charge is -2.04. The van der Waals surface area contributed by atoms with Gasteiger partial charge in [0.25, 0.3) is 0 Å². The third-order valence-corrected chi connectivity index (χ3v) is 3.35. The second kappa shape index (κ2) is 4.23. The summed E-state index contributed by atoms with van der Waals surface area (Å²) in [7, 11) is 0. The maximum atomic E-state index is 6.07. The zero-order chi connectivity index (χ0) is 12.5. The first-order valence-corrected chi connectivity index (χ1v) is 6.14. The lowest BCUT2D eigenvalue weighted by atomic mass is 10.1. The van der Waals surface area contributed by atoms with Crippen LogP contribution in [0.4, 0.5) is 5.82 Å². The van der Waals surface area contributed by atoms with Gasteiger partial charge in [-0.25, -0.2) is 4.98 Å². The van der Waals surface area contributed by atoms with Crippen molar-refractivity contribution in [3.05, 3.63) is 36.2 Å². The van der Waals surface area contributed by atoms with Crippen molar-refractivity contribution in [1.82, 2.24) is 9.55 Å². The number of anilines is 1. The molecular formula is C15H15N3. The number of nitrogens with two attached hydrogens (primary N) is 1. The number of nitrogen functional groups attached to an aromatic ring is 1. The number of hydrogen-bond acceptors (Lipinski definition) is 2. The highest BCUT2D eigenvalue weighted by molar-refractivity contribution is 5.71. The summed E-state index contributed by atoms with van der Waals surface area (Å²) in [5, 5.41) is 0. The highest BCUT2D eigenvalue weighted by atomic mass is 15.1. The Morgan fingerprint density at radius 3 is 3.00 bits per heavy atom. The molecule has 0 spiro atoms. The molecule has 1 fully saturated rings. The van der Waals surface area contributed by atoms with Crippen LogP contribution in [0.15, 0.2) is 30.6 Å². The maximum absolute atomic E-state index is 6.07. The van der Waals surface area contributed by atoms with Gasteiger partial charge in [-0.15, -0.1) is 6.42 Å². The molecule has 0 amide bonds. The fourth-order valence-corrected chi connectivity index (χ4v) is 2.20. The molecule has 3 rings (SSSR count). The minimum Gasteiger partial charge on any atom is -0.383 e. The van der Waals surface area contributed by atoms with Crippen LogP contribution >= 0.6 is 0 Å². The summed E-state index contributed by atoms with van der Waals surface area (Å²) in [5.41, 5.74) is 9.36. The molecule has 1 aromatic carbocycles. The van der Waals surface area contributed by atoms with E-state index in [0.29, 0.717) is 12.4 Å². The zero-order valence-corrected chi connectivity index (χ0v) is 10.1. The average molecular weight is 237 g/mol. The van der Waals surface area contributed by atoms with Gasteiger partial charge in [0.05, 0.1) is 12.9 Å². The van der Waals surface area contributed by atoms with Crippen LogP contribution in [0, 0.1) is 12.3 Å². The number of benzene rings is 1.